The molecule has 0 aliphatic carbocycles. The summed E-state index contributed by atoms with van der Waals surface area (Å²) in [5, 5.41) is 0. The van der Waals surface area contributed by atoms with Crippen molar-refractivity contribution in [1.82, 2.24) is 4.90 Å². The molecular weight excluding hydrogens is 202 g/mol. The Morgan fingerprint density at radius 1 is 1.38 bits per heavy atom. The predicted octanol–water partition coefficient (Wildman–Crippen LogP) is 1.88. The summed E-state index contributed by atoms with van der Waals surface area (Å²) in [7, 11) is 0. The lowest BCUT2D eigenvalue weighted by Gasteiger charge is -2.32. The van der Waals surface area contributed by atoms with Gasteiger partial charge in [-0.1, -0.05) is 30.3 Å². The second-order valence-corrected chi connectivity index (χ2v) is 3.98. The molecule has 1 fully saturated rings. The maximum Gasteiger partial charge on any atom is 0.170 e. The first-order valence-electron chi connectivity index (χ1n) is 5.88. The number of benzene rings is 1. The summed E-state index contributed by atoms with van der Waals surface area (Å²) in [5.41, 5.74) is 1.35. The van der Waals surface area contributed by atoms with Crippen LogP contribution in [-0.4, -0.2) is 37.5 Å². The van der Waals surface area contributed by atoms with Crippen molar-refractivity contribution >= 4 is 0 Å². The van der Waals surface area contributed by atoms with E-state index in [0.29, 0.717) is 6.61 Å². The van der Waals surface area contributed by atoms with Gasteiger partial charge in [0.2, 0.25) is 0 Å². The normalized spacial score (nSPS) is 22.2. The van der Waals surface area contributed by atoms with Gasteiger partial charge in [-0.15, -0.1) is 0 Å². The molecule has 0 N–H and O–H groups in total. The van der Waals surface area contributed by atoms with Crippen LogP contribution in [0.25, 0.3) is 0 Å². The second kappa shape index (κ2) is 5.99. The molecule has 3 nitrogen and oxygen atoms in total. The quantitative estimate of drug-likeness (QED) is 0.775. The van der Waals surface area contributed by atoms with Crippen molar-refractivity contribution in [1.29, 1.82) is 0 Å². The average molecular weight is 221 g/mol. The highest BCUT2D eigenvalue weighted by atomic mass is 16.7. The van der Waals surface area contributed by atoms with Crippen LogP contribution in [0.2, 0.25) is 0 Å². The smallest absolute Gasteiger partial charge is 0.170 e. The minimum atomic E-state index is -0.0533. The molecule has 1 atom stereocenters. The summed E-state index contributed by atoms with van der Waals surface area (Å²) < 4.78 is 11.0. The third kappa shape index (κ3) is 3.30. The van der Waals surface area contributed by atoms with Gasteiger partial charge in [0.15, 0.2) is 6.29 Å². The predicted molar refractivity (Wildman–Crippen MR) is 63.1 cm³/mol. The van der Waals surface area contributed by atoms with Gasteiger partial charge >= 0.3 is 0 Å². The Kier molecular flexibility index (Phi) is 4.34. The van der Waals surface area contributed by atoms with Crippen LogP contribution in [0, 0.1) is 0 Å². The van der Waals surface area contributed by atoms with Gasteiger partial charge in [0, 0.05) is 26.2 Å². The second-order valence-electron chi connectivity index (χ2n) is 3.98. The van der Waals surface area contributed by atoms with Crippen molar-refractivity contribution in [3.63, 3.8) is 0 Å². The van der Waals surface area contributed by atoms with Crippen LogP contribution in [-0.2, 0) is 16.0 Å². The molecule has 0 aromatic heterocycles. The Balaban J connectivity index is 1.85. The molecule has 1 heterocycles. The lowest BCUT2D eigenvalue weighted by molar-refractivity contribution is -0.178. The van der Waals surface area contributed by atoms with E-state index in [2.05, 4.69) is 29.2 Å². The van der Waals surface area contributed by atoms with Crippen LogP contribution in [0.5, 0.6) is 0 Å². The Bertz CT molecular complexity index is 300. The SMILES string of the molecule is CCOC1CN(Cc2ccccc2)CCO1. The largest absolute Gasteiger partial charge is 0.352 e. The molecule has 1 aromatic carbocycles. The Morgan fingerprint density at radius 2 is 2.19 bits per heavy atom. The van der Waals surface area contributed by atoms with Crippen molar-refractivity contribution in [2.75, 3.05) is 26.3 Å². The average Bonchev–Trinajstić information content (AvgIpc) is 2.31. The molecule has 1 aliphatic heterocycles. The molecule has 2 rings (SSSR count). The van der Waals surface area contributed by atoms with Gasteiger partial charge < -0.3 is 9.47 Å². The highest BCUT2D eigenvalue weighted by molar-refractivity contribution is 5.14. The zero-order valence-electron chi connectivity index (χ0n) is 9.76. The van der Waals surface area contributed by atoms with Gasteiger partial charge in [-0.2, -0.15) is 0 Å². The number of morpholine rings is 1. The number of ether oxygens (including phenoxy) is 2. The Labute approximate surface area is 97.0 Å². The number of hydrogen-bond donors (Lipinski definition) is 0. The molecule has 88 valence electrons. The van der Waals surface area contributed by atoms with Crippen molar-refractivity contribution in [3.8, 4) is 0 Å². The van der Waals surface area contributed by atoms with Crippen LogP contribution in [0.3, 0.4) is 0 Å². The maximum absolute atomic E-state index is 5.52. The van der Waals surface area contributed by atoms with Crippen LogP contribution in [0.4, 0.5) is 0 Å². The number of hydrogen-bond acceptors (Lipinski definition) is 3. The minimum absolute atomic E-state index is 0.0533. The van der Waals surface area contributed by atoms with Crippen LogP contribution in [0.1, 0.15) is 12.5 Å². The summed E-state index contributed by atoms with van der Waals surface area (Å²) in [6, 6.07) is 10.5. The summed E-state index contributed by atoms with van der Waals surface area (Å²) >= 11 is 0. The van der Waals surface area contributed by atoms with E-state index in [1.165, 1.54) is 5.56 Å². The van der Waals surface area contributed by atoms with Gasteiger partial charge in [0.05, 0.1) is 6.61 Å². The Morgan fingerprint density at radius 3 is 2.94 bits per heavy atom. The van der Waals surface area contributed by atoms with Gasteiger partial charge in [0.25, 0.3) is 0 Å². The first-order valence-corrected chi connectivity index (χ1v) is 5.88. The maximum atomic E-state index is 5.52. The van der Waals surface area contributed by atoms with Crippen LogP contribution in [0.15, 0.2) is 30.3 Å². The summed E-state index contributed by atoms with van der Waals surface area (Å²) in [5.74, 6) is 0. The summed E-state index contributed by atoms with van der Waals surface area (Å²) in [6.45, 7) is 6.30. The van der Waals surface area contributed by atoms with E-state index < -0.39 is 0 Å². The molecule has 3 heteroatoms. The molecule has 0 saturated carbocycles. The van der Waals surface area contributed by atoms with Gasteiger partial charge in [-0.25, -0.2) is 0 Å². The molecule has 1 aliphatic rings. The van der Waals surface area contributed by atoms with Crippen molar-refractivity contribution < 1.29 is 9.47 Å². The van der Waals surface area contributed by atoms with E-state index in [9.17, 15) is 0 Å². The fourth-order valence-electron chi connectivity index (χ4n) is 1.94. The zero-order valence-corrected chi connectivity index (χ0v) is 9.76. The van der Waals surface area contributed by atoms with Gasteiger partial charge in [-0.3, -0.25) is 4.90 Å². The van der Waals surface area contributed by atoms with E-state index in [1.54, 1.807) is 0 Å². The standard InChI is InChI=1S/C13H19NO2/c1-2-15-13-11-14(8-9-16-13)10-12-6-4-3-5-7-12/h3-7,13H,2,8-11H2,1H3. The van der Waals surface area contributed by atoms with Gasteiger partial charge in [-0.05, 0) is 12.5 Å². The molecule has 1 aromatic rings. The van der Waals surface area contributed by atoms with Crippen LogP contribution >= 0.6 is 0 Å². The monoisotopic (exact) mass is 221 g/mol. The molecular formula is C13H19NO2. The van der Waals surface area contributed by atoms with Crippen LogP contribution < -0.4 is 0 Å². The number of rotatable bonds is 4. The van der Waals surface area contributed by atoms with E-state index >= 15 is 0 Å². The minimum Gasteiger partial charge on any atom is -0.352 e. The van der Waals surface area contributed by atoms with E-state index in [1.807, 2.05) is 13.0 Å². The van der Waals surface area contributed by atoms with Crippen molar-refractivity contribution in [2.24, 2.45) is 0 Å². The highest BCUT2D eigenvalue weighted by Crippen LogP contribution is 2.10. The molecule has 1 unspecified atom stereocenters. The third-order valence-corrected chi connectivity index (χ3v) is 2.72. The van der Waals surface area contributed by atoms with E-state index in [4.69, 9.17) is 9.47 Å². The van der Waals surface area contributed by atoms with Crippen molar-refractivity contribution in [2.45, 2.75) is 19.8 Å². The lowest BCUT2D eigenvalue weighted by atomic mass is 10.2. The van der Waals surface area contributed by atoms with Gasteiger partial charge in [0.1, 0.15) is 0 Å². The fourth-order valence-corrected chi connectivity index (χ4v) is 1.94. The molecule has 0 radical (unpaired) electrons. The highest BCUT2D eigenvalue weighted by Gasteiger charge is 2.20. The van der Waals surface area contributed by atoms with Crippen molar-refractivity contribution in [3.05, 3.63) is 35.9 Å². The Hall–Kier alpha value is -0.900. The molecule has 0 bridgehead atoms. The van der Waals surface area contributed by atoms with E-state index in [-0.39, 0.29) is 6.29 Å². The number of nitrogens with zero attached hydrogens (tertiary/aromatic N) is 1. The fraction of sp³-hybridized carbons (Fsp3) is 0.538. The molecule has 0 amide bonds. The summed E-state index contributed by atoms with van der Waals surface area (Å²) in [6.07, 6.45) is -0.0533. The van der Waals surface area contributed by atoms with E-state index in [0.717, 1.165) is 26.2 Å². The topological polar surface area (TPSA) is 21.7 Å². The zero-order chi connectivity index (χ0) is 11.2. The first kappa shape index (κ1) is 11.6. The summed E-state index contributed by atoms with van der Waals surface area (Å²) in [4.78, 5) is 2.37. The molecule has 0 spiro atoms. The third-order valence-electron chi connectivity index (χ3n) is 2.72. The first-order chi connectivity index (χ1) is 7.88. The molecule has 1 saturated heterocycles. The lowest BCUT2D eigenvalue weighted by Crippen LogP contribution is -2.43. The molecule has 16 heavy (non-hydrogen) atoms.